The Balaban J connectivity index is 1.60. The number of carbonyl (C=O) groups is 1. The minimum absolute atomic E-state index is 0.0126. The summed E-state index contributed by atoms with van der Waals surface area (Å²) in [4.78, 5) is 40.1. The zero-order valence-electron chi connectivity index (χ0n) is 30.5. The monoisotopic (exact) mass is 1170 g/mol. The summed E-state index contributed by atoms with van der Waals surface area (Å²) in [6, 6.07) is 35.6. The Labute approximate surface area is 393 Å². The molecule has 9 nitrogen and oxygen atoms in total. The number of allylic oxidation sites excluding steroid dienone is 5. The molecule has 0 radical (unpaired) electrons. The molecule has 0 saturated heterocycles. The highest BCUT2D eigenvalue weighted by Gasteiger charge is 2.69. The summed E-state index contributed by atoms with van der Waals surface area (Å²) >= 11 is 23.2. The highest BCUT2D eigenvalue weighted by Crippen LogP contribution is 2.55. The highest BCUT2D eigenvalue weighted by atomic mass is 79.9. The normalized spacial score (nSPS) is 23.8. The van der Waals surface area contributed by atoms with Crippen LogP contribution in [-0.4, -0.2) is 42.6 Å². The fraction of sp³-hybridized carbons (Fsp3) is 0.0444. The predicted octanol–water partition coefficient (Wildman–Crippen LogP) is 11.2. The zero-order chi connectivity index (χ0) is 42.0. The van der Waals surface area contributed by atoms with Crippen LogP contribution in [0.15, 0.2) is 180 Å². The van der Waals surface area contributed by atoms with E-state index in [0.717, 1.165) is 5.56 Å². The third-order valence-electron chi connectivity index (χ3n) is 10.6. The van der Waals surface area contributed by atoms with Gasteiger partial charge >= 0.3 is 11.5 Å². The van der Waals surface area contributed by atoms with Crippen molar-refractivity contribution < 1.29 is 14.8 Å². The van der Waals surface area contributed by atoms with E-state index in [1.54, 1.807) is 53.5 Å². The van der Waals surface area contributed by atoms with E-state index in [9.17, 15) is 20.0 Å². The van der Waals surface area contributed by atoms with Crippen molar-refractivity contribution in [1.82, 2.24) is 3.59 Å². The number of hydrogen-bond acceptors (Lipinski definition) is 6. The molecule has 4 aliphatic rings. The molecule has 2 unspecified atom stereocenters. The number of carboxylic acid groups (broad SMARTS) is 1. The quantitative estimate of drug-likeness (QED) is 0.134. The van der Waals surface area contributed by atoms with Gasteiger partial charge in [-0.25, -0.2) is 14.8 Å². The topological polar surface area (TPSA) is 113 Å². The van der Waals surface area contributed by atoms with Gasteiger partial charge in [-0.2, -0.15) is 0 Å². The van der Waals surface area contributed by atoms with Gasteiger partial charge in [0, 0.05) is 21.8 Å². The van der Waals surface area contributed by atoms with Crippen LogP contribution in [0.25, 0.3) is 25.7 Å². The molecular weight excluding hydrogens is 1150 g/mol. The van der Waals surface area contributed by atoms with Crippen LogP contribution in [0.3, 0.4) is 0 Å². The Morgan fingerprint density at radius 1 is 0.683 bits per heavy atom. The molecular formula is C45H25Br6N5O4. The van der Waals surface area contributed by atoms with Gasteiger partial charge in [-0.1, -0.05) is 109 Å². The average molecular weight is 1180 g/mol. The van der Waals surface area contributed by atoms with Gasteiger partial charge in [-0.05, 0) is 127 Å². The molecule has 1 N–H and O–H groups in total. The van der Waals surface area contributed by atoms with Crippen molar-refractivity contribution in [2.75, 3.05) is 4.90 Å². The third-order valence-corrected chi connectivity index (χ3v) is 15.7. The number of aliphatic carboxylic acids is 1. The Morgan fingerprint density at radius 3 is 1.75 bits per heavy atom. The first kappa shape index (κ1) is 40.9. The van der Waals surface area contributed by atoms with E-state index in [4.69, 9.17) is 9.98 Å². The number of fused-ring (bicyclic) bond motifs is 6. The van der Waals surface area contributed by atoms with Crippen LogP contribution in [0.5, 0.6) is 0 Å². The van der Waals surface area contributed by atoms with Gasteiger partial charge in [0.15, 0.2) is 0 Å². The lowest BCUT2D eigenvalue weighted by Crippen LogP contribution is -2.57. The molecule has 15 heteroatoms. The van der Waals surface area contributed by atoms with Gasteiger partial charge in [-0.3, -0.25) is 13.7 Å². The smallest absolute Gasteiger partial charge is 0.390 e. The molecule has 2 atom stereocenters. The van der Waals surface area contributed by atoms with Gasteiger partial charge in [0.25, 0.3) is 0 Å². The largest absolute Gasteiger partial charge is 0.476 e. The van der Waals surface area contributed by atoms with Gasteiger partial charge in [-0.15, -0.1) is 0 Å². The molecule has 4 aromatic carbocycles. The summed E-state index contributed by atoms with van der Waals surface area (Å²) in [6.45, 7) is 0. The molecule has 0 fully saturated rings. The Bertz CT molecular complexity index is 3030. The first-order chi connectivity index (χ1) is 29.0. The molecule has 8 bridgehead atoms. The van der Waals surface area contributed by atoms with E-state index in [0.29, 0.717) is 89.6 Å². The van der Waals surface area contributed by atoms with Crippen LogP contribution in [-0.2, 0) is 4.79 Å². The molecule has 9 rings (SSSR count). The number of halogens is 6. The summed E-state index contributed by atoms with van der Waals surface area (Å²) in [5, 5.41) is 27.2. The number of aliphatic imine (C=N–C) groups is 2. The molecule has 0 aliphatic carbocycles. The van der Waals surface area contributed by atoms with E-state index < -0.39 is 22.5 Å². The maximum absolute atomic E-state index is 14.3. The molecule has 0 saturated carbocycles. The summed E-state index contributed by atoms with van der Waals surface area (Å²) in [7, 11) is 0. The molecule has 1 aromatic heterocycles. The molecule has 0 amide bonds. The number of rotatable bonds is 6. The average Bonchev–Trinajstić information content (AvgIpc) is 3.99. The minimum atomic E-state index is -2.78. The molecule has 4 aliphatic heterocycles. The minimum Gasteiger partial charge on any atom is -0.476 e. The summed E-state index contributed by atoms with van der Waals surface area (Å²) < 4.78 is 5.03. The number of nitrogens with zero attached hydrogens (tertiary/aromatic N) is 5. The van der Waals surface area contributed by atoms with E-state index in [1.807, 2.05) is 94.6 Å². The first-order valence-corrected chi connectivity index (χ1v) is 22.8. The lowest BCUT2D eigenvalue weighted by Gasteiger charge is -2.32. The van der Waals surface area contributed by atoms with Crippen molar-refractivity contribution in [3.63, 3.8) is 0 Å². The van der Waals surface area contributed by atoms with Crippen LogP contribution in [0.4, 0.5) is 5.69 Å². The van der Waals surface area contributed by atoms with Crippen molar-refractivity contribution >= 4 is 145 Å². The number of carboxylic acids is 1. The third kappa shape index (κ3) is 6.34. The lowest BCUT2D eigenvalue weighted by atomic mass is 9.79. The van der Waals surface area contributed by atoms with Crippen LogP contribution in [0.1, 0.15) is 16.7 Å². The van der Waals surface area contributed by atoms with Crippen molar-refractivity contribution in [3.8, 4) is 0 Å². The number of anilines is 1. The maximum atomic E-state index is 14.3. The summed E-state index contributed by atoms with van der Waals surface area (Å²) in [5.74, 6) is -1.64. The van der Waals surface area contributed by atoms with Crippen LogP contribution in [0, 0.1) is 10.1 Å². The molecule has 60 heavy (non-hydrogen) atoms. The Kier molecular flexibility index (Phi) is 10.9. The van der Waals surface area contributed by atoms with Crippen molar-refractivity contribution in [3.05, 3.63) is 208 Å². The number of nitro groups is 1. The second-order valence-electron chi connectivity index (χ2n) is 13.8. The van der Waals surface area contributed by atoms with Gasteiger partial charge in [0.2, 0.25) is 0 Å². The fourth-order valence-electron chi connectivity index (χ4n) is 8.04. The number of aromatic nitrogens is 1. The van der Waals surface area contributed by atoms with Crippen molar-refractivity contribution in [1.29, 1.82) is 0 Å². The molecule has 5 aromatic rings. The second-order valence-corrected chi connectivity index (χ2v) is 18.5. The van der Waals surface area contributed by atoms with E-state index >= 15 is 0 Å². The summed E-state index contributed by atoms with van der Waals surface area (Å²) in [6.07, 6.45) is 5.10. The van der Waals surface area contributed by atoms with E-state index in [2.05, 4.69) is 95.8 Å². The SMILES string of the molecule is O=C(O)C1([N+](=O)[O-])C(c2ccccc2)=C2/C(c3ccccc3)=C3N=C(C(Br)=C\3c3ccccc3)/C(Br)=c3/c(Br)c(Br)/c(n3Br)=C(\Br)C3=N/C(=C\C1N2c1ccccc1)C=C3. The van der Waals surface area contributed by atoms with Gasteiger partial charge in [0.1, 0.15) is 6.04 Å². The van der Waals surface area contributed by atoms with Crippen LogP contribution < -0.4 is 15.6 Å². The van der Waals surface area contributed by atoms with Crippen molar-refractivity contribution in [2.24, 2.45) is 9.98 Å². The Morgan fingerprint density at radius 2 is 1.20 bits per heavy atom. The molecule has 0 spiro atoms. The van der Waals surface area contributed by atoms with Crippen LogP contribution >= 0.6 is 95.8 Å². The molecule has 296 valence electrons. The van der Waals surface area contributed by atoms with Gasteiger partial charge in [0.05, 0.1) is 83.3 Å². The second kappa shape index (κ2) is 16.1. The van der Waals surface area contributed by atoms with Crippen molar-refractivity contribution in [2.45, 2.75) is 11.6 Å². The van der Waals surface area contributed by atoms with Crippen LogP contribution in [0.2, 0.25) is 0 Å². The molecule has 5 heterocycles. The standard InChI is InChI=1S/C45H25Br6N5O4/c46-34-29-22-21-27(52-29)23-30-45(44(57)58,56(59)60)33(26-17-9-3-10-18-26)41(54(30)28-19-11-4-12-20-28)32(25-15-7-2-8-16-25)39-31(24-13-5-1-6-14-24)35(47)40(53-39)38(50)43-37(49)36(48)42(34)55(43)51/h1-23,30H,(H,57,58)/b27-23-,39-32-,42-34+,43-38+. The number of hydrogen-bond donors (Lipinski definition) is 1. The summed E-state index contributed by atoms with van der Waals surface area (Å²) in [5.41, 5.74) is 2.81. The number of benzene rings is 4. The van der Waals surface area contributed by atoms with E-state index in [-0.39, 0.29) is 5.57 Å². The fourth-order valence-corrected chi connectivity index (χ4v) is 13.6. The predicted molar refractivity (Wildman–Crippen MR) is 259 cm³/mol. The van der Waals surface area contributed by atoms with E-state index in [1.165, 1.54) is 0 Å². The number of para-hydroxylation sites is 1. The van der Waals surface area contributed by atoms with Gasteiger partial charge < -0.3 is 10.0 Å². The lowest BCUT2D eigenvalue weighted by molar-refractivity contribution is -0.537. The maximum Gasteiger partial charge on any atom is 0.390 e. The Hall–Kier alpha value is -4.51. The first-order valence-electron chi connectivity index (χ1n) is 18.1. The zero-order valence-corrected chi connectivity index (χ0v) is 40.0. The highest BCUT2D eigenvalue weighted by molar-refractivity contribution is 9.16.